The fourth-order valence-corrected chi connectivity index (χ4v) is 1.88. The van der Waals surface area contributed by atoms with E-state index in [1.807, 2.05) is 32.2 Å². The van der Waals surface area contributed by atoms with Gasteiger partial charge in [0.25, 0.3) is 0 Å². The van der Waals surface area contributed by atoms with Crippen LogP contribution in [0.4, 0.5) is 0 Å². The van der Waals surface area contributed by atoms with Crippen molar-refractivity contribution < 1.29 is 4.42 Å². The van der Waals surface area contributed by atoms with E-state index < -0.39 is 0 Å². The summed E-state index contributed by atoms with van der Waals surface area (Å²) in [7, 11) is 2.01. The first-order valence-corrected chi connectivity index (χ1v) is 5.76. The highest BCUT2D eigenvalue weighted by Crippen LogP contribution is 2.13. The number of pyridine rings is 1. The van der Waals surface area contributed by atoms with Crippen LogP contribution >= 0.6 is 0 Å². The summed E-state index contributed by atoms with van der Waals surface area (Å²) in [4.78, 5) is 6.19. The number of hydrogen-bond donors (Lipinski definition) is 0. The van der Waals surface area contributed by atoms with Gasteiger partial charge in [0.2, 0.25) is 0 Å². The van der Waals surface area contributed by atoms with Gasteiger partial charge in [-0.1, -0.05) is 6.07 Å². The van der Waals surface area contributed by atoms with Crippen LogP contribution in [-0.2, 0) is 13.1 Å². The molecule has 0 atom stereocenters. The Morgan fingerprint density at radius 2 is 2.11 bits per heavy atom. The molecule has 0 saturated carbocycles. The Bertz CT molecular complexity index is 568. The Labute approximate surface area is 106 Å². The number of aryl methyl sites for hydroxylation is 1. The first kappa shape index (κ1) is 12.3. The molecule has 0 N–H and O–H groups in total. The molecule has 4 nitrogen and oxygen atoms in total. The molecule has 2 aromatic rings. The van der Waals surface area contributed by atoms with Crippen molar-refractivity contribution in [1.82, 2.24) is 9.88 Å². The molecular formula is C14H15N3O. The molecule has 0 spiro atoms. The molecule has 2 heterocycles. The highest BCUT2D eigenvalue weighted by molar-refractivity contribution is 5.30. The second kappa shape index (κ2) is 5.48. The lowest BCUT2D eigenvalue weighted by molar-refractivity contribution is 0.315. The zero-order valence-corrected chi connectivity index (χ0v) is 10.6. The molecule has 92 valence electrons. The fourth-order valence-electron chi connectivity index (χ4n) is 1.88. The molecular weight excluding hydrogens is 226 g/mol. The summed E-state index contributed by atoms with van der Waals surface area (Å²) in [6.07, 6.45) is 3.34. The fraction of sp³-hybridized carbons (Fsp3) is 0.286. The van der Waals surface area contributed by atoms with Crippen LogP contribution in [0.15, 0.2) is 35.1 Å². The van der Waals surface area contributed by atoms with Crippen LogP contribution < -0.4 is 0 Å². The molecule has 0 saturated heterocycles. The number of nitriles is 1. The van der Waals surface area contributed by atoms with Gasteiger partial charge >= 0.3 is 0 Å². The van der Waals surface area contributed by atoms with Gasteiger partial charge in [0, 0.05) is 30.4 Å². The largest absolute Gasteiger partial charge is 0.469 e. The van der Waals surface area contributed by atoms with Crippen LogP contribution in [0, 0.1) is 18.3 Å². The third-order valence-corrected chi connectivity index (χ3v) is 2.84. The Morgan fingerprint density at radius 1 is 1.33 bits per heavy atom. The average Bonchev–Trinajstić information content (AvgIpc) is 2.75. The minimum atomic E-state index is 0.494. The van der Waals surface area contributed by atoms with Gasteiger partial charge in [0.15, 0.2) is 0 Å². The van der Waals surface area contributed by atoms with Gasteiger partial charge in [-0.25, -0.2) is 4.98 Å². The van der Waals surface area contributed by atoms with E-state index in [4.69, 9.17) is 9.68 Å². The Balaban J connectivity index is 2.06. The quantitative estimate of drug-likeness (QED) is 0.825. The van der Waals surface area contributed by atoms with E-state index in [9.17, 15) is 0 Å². The Hall–Kier alpha value is -2.12. The monoisotopic (exact) mass is 241 g/mol. The van der Waals surface area contributed by atoms with Crippen molar-refractivity contribution in [2.45, 2.75) is 20.0 Å². The summed E-state index contributed by atoms with van der Waals surface area (Å²) >= 11 is 0. The zero-order valence-electron chi connectivity index (χ0n) is 10.6. The smallest absolute Gasteiger partial charge is 0.144 e. The molecule has 0 bridgehead atoms. The number of hydrogen-bond acceptors (Lipinski definition) is 4. The van der Waals surface area contributed by atoms with Crippen LogP contribution in [0.5, 0.6) is 0 Å². The van der Waals surface area contributed by atoms with Crippen LogP contribution in [0.25, 0.3) is 0 Å². The third kappa shape index (κ3) is 2.76. The lowest BCUT2D eigenvalue weighted by Crippen LogP contribution is -2.18. The van der Waals surface area contributed by atoms with E-state index >= 15 is 0 Å². The Kier molecular flexibility index (Phi) is 3.75. The summed E-state index contributed by atoms with van der Waals surface area (Å²) in [5.74, 6) is 0.938. The summed E-state index contributed by atoms with van der Waals surface area (Å²) in [6, 6.07) is 7.88. The molecule has 0 aliphatic carbocycles. The van der Waals surface area contributed by atoms with E-state index in [1.54, 1.807) is 12.5 Å². The highest BCUT2D eigenvalue weighted by atomic mass is 16.3. The third-order valence-electron chi connectivity index (χ3n) is 2.84. The van der Waals surface area contributed by atoms with Crippen molar-refractivity contribution >= 4 is 0 Å². The van der Waals surface area contributed by atoms with Crippen molar-refractivity contribution in [1.29, 1.82) is 5.26 Å². The lowest BCUT2D eigenvalue weighted by Gasteiger charge is -2.16. The number of aromatic nitrogens is 1. The molecule has 0 unspecified atom stereocenters. The van der Waals surface area contributed by atoms with Crippen LogP contribution in [-0.4, -0.2) is 16.9 Å². The van der Waals surface area contributed by atoms with Crippen LogP contribution in [0.3, 0.4) is 0 Å². The molecule has 0 amide bonds. The van der Waals surface area contributed by atoms with Gasteiger partial charge in [0.1, 0.15) is 17.5 Å². The maximum atomic E-state index is 8.99. The van der Waals surface area contributed by atoms with Crippen LogP contribution in [0.2, 0.25) is 0 Å². The Morgan fingerprint density at radius 3 is 2.78 bits per heavy atom. The zero-order chi connectivity index (χ0) is 13.0. The van der Waals surface area contributed by atoms with E-state index in [0.29, 0.717) is 12.2 Å². The van der Waals surface area contributed by atoms with E-state index in [2.05, 4.69) is 16.0 Å². The van der Waals surface area contributed by atoms with Crippen molar-refractivity contribution in [3.05, 3.63) is 53.2 Å². The molecule has 0 aromatic carbocycles. The first-order valence-electron chi connectivity index (χ1n) is 5.76. The van der Waals surface area contributed by atoms with Gasteiger partial charge in [0.05, 0.1) is 6.26 Å². The minimum Gasteiger partial charge on any atom is -0.469 e. The van der Waals surface area contributed by atoms with Gasteiger partial charge in [-0.15, -0.1) is 0 Å². The maximum absolute atomic E-state index is 8.99. The van der Waals surface area contributed by atoms with Crippen molar-refractivity contribution in [3.8, 4) is 6.07 Å². The molecule has 18 heavy (non-hydrogen) atoms. The van der Waals surface area contributed by atoms with Gasteiger partial charge in [-0.3, -0.25) is 4.90 Å². The average molecular weight is 241 g/mol. The standard InChI is InChI=1S/C14H15N3O/c1-11-12(5-7-18-11)9-17(2)10-13-4-3-6-16-14(13)8-15/h3-7H,9-10H2,1-2H3. The number of rotatable bonds is 4. The summed E-state index contributed by atoms with van der Waals surface area (Å²) in [5.41, 5.74) is 2.61. The predicted octanol–water partition coefficient (Wildman–Crippen LogP) is 2.49. The topological polar surface area (TPSA) is 53.1 Å². The van der Waals surface area contributed by atoms with Gasteiger partial charge in [-0.2, -0.15) is 5.26 Å². The molecule has 2 rings (SSSR count). The predicted molar refractivity (Wildman–Crippen MR) is 67.6 cm³/mol. The summed E-state index contributed by atoms with van der Waals surface area (Å²) in [5, 5.41) is 8.99. The molecule has 0 aliphatic heterocycles. The SMILES string of the molecule is Cc1occc1CN(C)Cc1cccnc1C#N. The van der Waals surface area contributed by atoms with Crippen molar-refractivity contribution in [2.24, 2.45) is 0 Å². The number of furan rings is 1. The van der Waals surface area contributed by atoms with Crippen LogP contribution in [0.1, 0.15) is 22.6 Å². The van der Waals surface area contributed by atoms with Crippen molar-refractivity contribution in [2.75, 3.05) is 7.05 Å². The van der Waals surface area contributed by atoms with Gasteiger partial charge in [-0.05, 0) is 26.1 Å². The van der Waals surface area contributed by atoms with E-state index in [-0.39, 0.29) is 0 Å². The minimum absolute atomic E-state index is 0.494. The molecule has 2 aromatic heterocycles. The lowest BCUT2D eigenvalue weighted by atomic mass is 10.2. The van der Waals surface area contributed by atoms with E-state index in [0.717, 1.165) is 17.9 Å². The van der Waals surface area contributed by atoms with Crippen molar-refractivity contribution in [3.63, 3.8) is 0 Å². The molecule has 4 heteroatoms. The molecule has 0 radical (unpaired) electrons. The second-order valence-corrected chi connectivity index (χ2v) is 4.30. The first-order chi connectivity index (χ1) is 8.70. The second-order valence-electron chi connectivity index (χ2n) is 4.30. The molecule has 0 fully saturated rings. The molecule has 0 aliphatic rings. The summed E-state index contributed by atoms with van der Waals surface area (Å²) in [6.45, 7) is 3.44. The van der Waals surface area contributed by atoms with Gasteiger partial charge < -0.3 is 4.42 Å². The normalized spacial score (nSPS) is 10.6. The maximum Gasteiger partial charge on any atom is 0.144 e. The van der Waals surface area contributed by atoms with E-state index in [1.165, 1.54) is 5.56 Å². The number of nitrogens with zero attached hydrogens (tertiary/aromatic N) is 3. The summed E-state index contributed by atoms with van der Waals surface area (Å²) < 4.78 is 5.27. The highest BCUT2D eigenvalue weighted by Gasteiger charge is 2.09.